The fraction of sp³-hybridized carbons (Fsp3) is 0.231. The summed E-state index contributed by atoms with van der Waals surface area (Å²) in [6.07, 6.45) is 6.08. The van der Waals surface area contributed by atoms with Crippen molar-refractivity contribution >= 4 is 0 Å². The lowest BCUT2D eigenvalue weighted by molar-refractivity contribution is 0.359. The van der Waals surface area contributed by atoms with E-state index in [4.69, 9.17) is 0 Å². The van der Waals surface area contributed by atoms with E-state index in [0.29, 0.717) is 17.4 Å². The fourth-order valence-corrected chi connectivity index (χ4v) is 5.01. The van der Waals surface area contributed by atoms with Crippen LogP contribution in [-0.4, -0.2) is 19.2 Å². The molecule has 2 aromatic carbocycles. The molecule has 2 aromatic heterocycles. The van der Waals surface area contributed by atoms with Crippen molar-refractivity contribution < 1.29 is 5.11 Å². The highest BCUT2D eigenvalue weighted by molar-refractivity contribution is 5.62. The molecule has 154 valence electrons. The molecule has 1 unspecified atom stereocenters. The number of pyridine rings is 1. The van der Waals surface area contributed by atoms with E-state index in [0.717, 1.165) is 6.54 Å². The molecule has 1 atom stereocenters. The summed E-state index contributed by atoms with van der Waals surface area (Å²) in [5.74, 6) is 1.05. The number of hydrogen-bond acceptors (Lipinski definition) is 3. The van der Waals surface area contributed by atoms with Gasteiger partial charge in [0.15, 0.2) is 11.6 Å². The van der Waals surface area contributed by atoms with Crippen molar-refractivity contribution in [3.05, 3.63) is 106 Å². The van der Waals surface area contributed by atoms with Crippen LogP contribution in [0, 0.1) is 0 Å². The Kier molecular flexibility index (Phi) is 4.10. The second-order valence-electron chi connectivity index (χ2n) is 8.54. The molecule has 0 amide bonds. The molecule has 2 aliphatic rings. The van der Waals surface area contributed by atoms with Gasteiger partial charge in [-0.1, -0.05) is 60.7 Å². The smallest absolute Gasteiger partial charge is 0.223 e. The minimum atomic E-state index is -0.370. The van der Waals surface area contributed by atoms with Gasteiger partial charge in [-0.15, -0.1) is 0 Å². The molecule has 1 fully saturated rings. The molecular weight excluding hydrogens is 386 g/mol. The number of aromatic nitrogens is 3. The van der Waals surface area contributed by atoms with Gasteiger partial charge >= 0.3 is 0 Å². The lowest BCUT2D eigenvalue weighted by atomic mass is 9.83. The van der Waals surface area contributed by atoms with Crippen molar-refractivity contribution in [3.8, 4) is 17.3 Å². The molecule has 6 rings (SSSR count). The van der Waals surface area contributed by atoms with Gasteiger partial charge in [-0.3, -0.25) is 4.79 Å². The van der Waals surface area contributed by atoms with Gasteiger partial charge in [0.2, 0.25) is 5.43 Å². The molecule has 1 saturated carbocycles. The normalized spacial score (nSPS) is 17.4. The van der Waals surface area contributed by atoms with Crippen LogP contribution in [0.15, 0.2) is 83.9 Å². The van der Waals surface area contributed by atoms with Crippen LogP contribution in [0.3, 0.4) is 0 Å². The van der Waals surface area contributed by atoms with Crippen molar-refractivity contribution in [3.63, 3.8) is 0 Å². The molecule has 1 aliphatic heterocycles. The van der Waals surface area contributed by atoms with Crippen LogP contribution in [0.4, 0.5) is 0 Å². The summed E-state index contributed by atoms with van der Waals surface area (Å²) in [4.78, 5) is 17.0. The Morgan fingerprint density at radius 2 is 1.58 bits per heavy atom. The molecule has 1 aliphatic carbocycles. The lowest BCUT2D eigenvalue weighted by Gasteiger charge is -2.36. The monoisotopic (exact) mass is 409 g/mol. The molecular formula is C26H23N3O2. The van der Waals surface area contributed by atoms with E-state index in [1.54, 1.807) is 0 Å². The first-order chi connectivity index (χ1) is 15.2. The maximum atomic E-state index is 12.4. The van der Waals surface area contributed by atoms with Gasteiger partial charge in [0.1, 0.15) is 5.69 Å². The van der Waals surface area contributed by atoms with Crippen molar-refractivity contribution in [2.75, 3.05) is 0 Å². The average Bonchev–Trinajstić information content (AvgIpc) is 3.57. The molecule has 3 heterocycles. The highest BCUT2D eigenvalue weighted by Gasteiger charge is 2.38. The van der Waals surface area contributed by atoms with Crippen LogP contribution in [0.1, 0.15) is 47.5 Å². The van der Waals surface area contributed by atoms with Crippen LogP contribution in [0.25, 0.3) is 11.5 Å². The minimum absolute atomic E-state index is 0.00880. The maximum Gasteiger partial charge on any atom is 0.223 e. The topological polar surface area (TPSA) is 60.1 Å². The Bertz CT molecular complexity index is 1260. The summed E-state index contributed by atoms with van der Waals surface area (Å²) in [6, 6.07) is 22.4. The Morgan fingerprint density at radius 3 is 2.19 bits per heavy atom. The summed E-state index contributed by atoms with van der Waals surface area (Å²) in [5.41, 5.74) is 3.78. The third kappa shape index (κ3) is 2.92. The minimum Gasteiger partial charge on any atom is -0.503 e. The zero-order valence-electron chi connectivity index (χ0n) is 17.1. The number of aromatic hydroxyl groups is 1. The fourth-order valence-electron chi connectivity index (χ4n) is 5.01. The van der Waals surface area contributed by atoms with Crippen molar-refractivity contribution in [2.24, 2.45) is 0 Å². The number of rotatable bonds is 4. The maximum absolute atomic E-state index is 12.4. The average molecular weight is 409 g/mol. The van der Waals surface area contributed by atoms with E-state index in [1.807, 2.05) is 24.5 Å². The predicted molar refractivity (Wildman–Crippen MR) is 119 cm³/mol. The first-order valence-electron chi connectivity index (χ1n) is 10.8. The van der Waals surface area contributed by atoms with Crippen molar-refractivity contribution in [1.82, 2.24) is 14.1 Å². The molecule has 0 radical (unpaired) electrons. The molecule has 0 saturated heterocycles. The van der Waals surface area contributed by atoms with Gasteiger partial charge < -0.3 is 14.2 Å². The molecule has 1 N–H and O–H groups in total. The van der Waals surface area contributed by atoms with Gasteiger partial charge in [0, 0.05) is 42.5 Å². The van der Waals surface area contributed by atoms with Crippen molar-refractivity contribution in [1.29, 1.82) is 0 Å². The number of nitrogens with zero attached hydrogens (tertiary/aromatic N) is 3. The van der Waals surface area contributed by atoms with E-state index in [9.17, 15) is 9.90 Å². The molecule has 4 aromatic rings. The van der Waals surface area contributed by atoms with Crippen LogP contribution in [0.5, 0.6) is 5.75 Å². The van der Waals surface area contributed by atoms with E-state index >= 15 is 0 Å². The number of hydrogen-bond donors (Lipinski definition) is 1. The standard InChI is InChI=1S/C26H23N3O2/c30-22-13-14-28-21(23(18-7-3-1-4-8-18)19-9-5-2-6-10-19)16-29-20(17-11-12-17)15-27-26(29)24(28)25(22)31/h1-10,13-15,17,21,23,31H,11-12,16H2. The Morgan fingerprint density at radius 1 is 0.935 bits per heavy atom. The zero-order valence-corrected chi connectivity index (χ0v) is 17.1. The Labute approximate surface area is 180 Å². The molecule has 5 nitrogen and oxygen atoms in total. The zero-order chi connectivity index (χ0) is 20.9. The molecule has 5 heteroatoms. The first-order valence-corrected chi connectivity index (χ1v) is 10.8. The lowest BCUT2D eigenvalue weighted by Crippen LogP contribution is -2.31. The predicted octanol–water partition coefficient (Wildman–Crippen LogP) is 4.68. The Hall–Kier alpha value is -3.60. The van der Waals surface area contributed by atoms with E-state index < -0.39 is 0 Å². The summed E-state index contributed by atoms with van der Waals surface area (Å²) >= 11 is 0. The number of benzene rings is 2. The number of imidazole rings is 1. The highest BCUT2D eigenvalue weighted by Crippen LogP contribution is 2.47. The van der Waals surface area contributed by atoms with E-state index in [-0.39, 0.29) is 23.1 Å². The third-order valence-corrected chi connectivity index (χ3v) is 6.63. The first kappa shape index (κ1) is 18.2. The second kappa shape index (κ2) is 6.98. The third-order valence-electron chi connectivity index (χ3n) is 6.63. The van der Waals surface area contributed by atoms with Gasteiger partial charge in [0.25, 0.3) is 0 Å². The van der Waals surface area contributed by atoms with Gasteiger partial charge in [0.05, 0.1) is 6.04 Å². The quantitative estimate of drug-likeness (QED) is 0.532. The highest BCUT2D eigenvalue weighted by atomic mass is 16.3. The number of fused-ring (bicyclic) bond motifs is 3. The van der Waals surface area contributed by atoms with Gasteiger partial charge in [-0.2, -0.15) is 0 Å². The molecule has 0 spiro atoms. The van der Waals surface area contributed by atoms with E-state index in [2.05, 4.69) is 62.6 Å². The van der Waals surface area contributed by atoms with Crippen LogP contribution >= 0.6 is 0 Å². The largest absolute Gasteiger partial charge is 0.503 e. The van der Waals surface area contributed by atoms with Crippen LogP contribution in [-0.2, 0) is 6.54 Å². The summed E-state index contributed by atoms with van der Waals surface area (Å²) in [7, 11) is 0. The molecule has 0 bridgehead atoms. The SMILES string of the molecule is O=c1ccn2c(c1O)-c1ncc(C3CC3)n1CC2C(c1ccccc1)c1ccccc1. The molecule has 31 heavy (non-hydrogen) atoms. The van der Waals surface area contributed by atoms with Gasteiger partial charge in [-0.25, -0.2) is 4.98 Å². The van der Waals surface area contributed by atoms with Crippen molar-refractivity contribution in [2.45, 2.75) is 37.3 Å². The summed E-state index contributed by atoms with van der Waals surface area (Å²) < 4.78 is 4.29. The summed E-state index contributed by atoms with van der Waals surface area (Å²) in [6.45, 7) is 0.741. The van der Waals surface area contributed by atoms with Crippen LogP contribution in [0.2, 0.25) is 0 Å². The van der Waals surface area contributed by atoms with Gasteiger partial charge in [-0.05, 0) is 24.0 Å². The Balaban J connectivity index is 1.60. The summed E-state index contributed by atoms with van der Waals surface area (Å²) in [5, 5.41) is 10.8. The second-order valence-corrected chi connectivity index (χ2v) is 8.54. The van der Waals surface area contributed by atoms with Crippen LogP contribution < -0.4 is 5.43 Å². The van der Waals surface area contributed by atoms with E-state index in [1.165, 1.54) is 35.7 Å².